The second kappa shape index (κ2) is 11.5. The maximum atomic E-state index is 8.76. The molecule has 0 heterocycles. The lowest BCUT2D eigenvalue weighted by atomic mass is 10.2. The molecular formula is C9H12O15. The fourth-order valence-electron chi connectivity index (χ4n) is 0.673. The van der Waals surface area contributed by atoms with E-state index >= 15 is 0 Å². The lowest BCUT2D eigenvalue weighted by Crippen LogP contribution is -1.81. The van der Waals surface area contributed by atoms with Crippen LogP contribution in [0.25, 0.3) is 0 Å². The second-order valence-electron chi connectivity index (χ2n) is 2.94. The van der Waals surface area contributed by atoms with Gasteiger partial charge in [-0.25, -0.2) is 14.4 Å². The van der Waals surface area contributed by atoms with Crippen LogP contribution in [0.4, 0.5) is 14.4 Å². The minimum Gasteiger partial charge on any atom is -0.502 e. The quantitative estimate of drug-likeness (QED) is 0.222. The van der Waals surface area contributed by atoms with E-state index in [1.54, 1.807) is 0 Å². The minimum atomic E-state index is -1.83. The number of aromatic hydroxyl groups is 6. The van der Waals surface area contributed by atoms with Gasteiger partial charge in [0.05, 0.1) is 0 Å². The highest BCUT2D eigenvalue weighted by Crippen LogP contribution is 2.54. The minimum absolute atomic E-state index is 1.09. The fourth-order valence-corrected chi connectivity index (χ4v) is 0.673. The first-order valence-corrected chi connectivity index (χ1v) is 4.80. The summed E-state index contributed by atoms with van der Waals surface area (Å²) in [4.78, 5) is 25.7. The molecule has 15 nitrogen and oxygen atoms in total. The van der Waals surface area contributed by atoms with Crippen molar-refractivity contribution in [1.82, 2.24) is 0 Å². The third-order valence-corrected chi connectivity index (χ3v) is 1.35. The van der Waals surface area contributed by atoms with Crippen LogP contribution in [0.3, 0.4) is 0 Å². The van der Waals surface area contributed by atoms with E-state index in [0.29, 0.717) is 0 Å². The molecule has 0 aliphatic carbocycles. The van der Waals surface area contributed by atoms with Gasteiger partial charge < -0.3 is 61.3 Å². The summed E-state index contributed by atoms with van der Waals surface area (Å²) in [7, 11) is 0. The molecule has 0 saturated heterocycles. The van der Waals surface area contributed by atoms with Crippen LogP contribution in [0, 0.1) is 0 Å². The first-order chi connectivity index (χ1) is 10.7. The van der Waals surface area contributed by atoms with E-state index in [0.717, 1.165) is 0 Å². The summed E-state index contributed by atoms with van der Waals surface area (Å²) in [6.45, 7) is 0. The summed E-state index contributed by atoms with van der Waals surface area (Å²) < 4.78 is 0. The molecule has 24 heavy (non-hydrogen) atoms. The molecule has 15 heteroatoms. The van der Waals surface area contributed by atoms with Crippen molar-refractivity contribution >= 4 is 18.5 Å². The zero-order chi connectivity index (χ0) is 20.2. The Morgan fingerprint density at radius 1 is 0.375 bits per heavy atom. The van der Waals surface area contributed by atoms with E-state index in [1.807, 2.05) is 0 Å². The Morgan fingerprint density at radius 2 is 0.417 bits per heavy atom. The summed E-state index contributed by atoms with van der Waals surface area (Å²) in [5.41, 5.74) is 0. The third-order valence-electron chi connectivity index (χ3n) is 1.35. The van der Waals surface area contributed by atoms with Crippen molar-refractivity contribution in [3.8, 4) is 34.5 Å². The zero-order valence-electron chi connectivity index (χ0n) is 11.1. The van der Waals surface area contributed by atoms with E-state index in [1.165, 1.54) is 0 Å². The number of hydrogen-bond donors (Lipinski definition) is 12. The van der Waals surface area contributed by atoms with Crippen LogP contribution in [0.15, 0.2) is 0 Å². The molecular weight excluding hydrogens is 348 g/mol. The summed E-state index contributed by atoms with van der Waals surface area (Å²) in [6, 6.07) is 0. The Bertz CT molecular complexity index is 431. The average molecular weight is 360 g/mol. The Kier molecular flexibility index (Phi) is 11.9. The lowest BCUT2D eigenvalue weighted by Gasteiger charge is -2.06. The van der Waals surface area contributed by atoms with Crippen molar-refractivity contribution in [1.29, 1.82) is 0 Å². The van der Waals surface area contributed by atoms with E-state index in [-0.39, 0.29) is 0 Å². The molecule has 0 fully saturated rings. The van der Waals surface area contributed by atoms with Gasteiger partial charge in [-0.2, -0.15) is 0 Å². The molecule has 0 aromatic heterocycles. The highest BCUT2D eigenvalue weighted by Gasteiger charge is 2.22. The molecule has 0 amide bonds. The molecule has 0 radical (unpaired) electrons. The predicted molar refractivity (Wildman–Crippen MR) is 68.4 cm³/mol. The Balaban J connectivity index is -0.000000304. The van der Waals surface area contributed by atoms with Gasteiger partial charge in [0.2, 0.25) is 34.5 Å². The van der Waals surface area contributed by atoms with E-state index in [9.17, 15) is 0 Å². The summed E-state index contributed by atoms with van der Waals surface area (Å²) >= 11 is 0. The summed E-state index contributed by atoms with van der Waals surface area (Å²) in [5, 5.41) is 94.4. The zero-order valence-corrected chi connectivity index (χ0v) is 11.1. The molecule has 0 aliphatic heterocycles. The summed E-state index contributed by atoms with van der Waals surface area (Å²) in [5.74, 6) is -6.57. The van der Waals surface area contributed by atoms with Crippen molar-refractivity contribution in [3.63, 3.8) is 0 Å². The van der Waals surface area contributed by atoms with Gasteiger partial charge in [0.25, 0.3) is 0 Å². The van der Waals surface area contributed by atoms with Gasteiger partial charge in [-0.15, -0.1) is 0 Å². The fraction of sp³-hybridized carbons (Fsp3) is 0. The van der Waals surface area contributed by atoms with Crippen molar-refractivity contribution in [2.24, 2.45) is 0 Å². The van der Waals surface area contributed by atoms with Crippen molar-refractivity contribution in [2.45, 2.75) is 0 Å². The van der Waals surface area contributed by atoms with Gasteiger partial charge in [-0.3, -0.25) is 0 Å². The van der Waals surface area contributed by atoms with Crippen LogP contribution >= 0.6 is 0 Å². The van der Waals surface area contributed by atoms with Gasteiger partial charge in [0.15, 0.2) is 0 Å². The lowest BCUT2D eigenvalue weighted by molar-refractivity contribution is 0.135. The summed E-state index contributed by atoms with van der Waals surface area (Å²) in [6.07, 6.45) is -5.50. The van der Waals surface area contributed by atoms with Gasteiger partial charge in [0, 0.05) is 0 Å². The molecule has 0 bridgehead atoms. The number of rotatable bonds is 0. The van der Waals surface area contributed by atoms with E-state index in [4.69, 9.17) is 75.7 Å². The molecule has 1 aromatic carbocycles. The SMILES string of the molecule is O=C(O)O.O=C(O)O.O=C(O)O.Oc1c(O)c(O)c(O)c(O)c1O. The largest absolute Gasteiger partial charge is 0.503 e. The molecule has 1 rings (SSSR count). The third kappa shape index (κ3) is 12.8. The van der Waals surface area contributed by atoms with Gasteiger partial charge in [-0.05, 0) is 0 Å². The number of phenolic OH excluding ortho intramolecular Hbond substituents is 6. The predicted octanol–water partition coefficient (Wildman–Crippen LogP) is 0.587. The first-order valence-electron chi connectivity index (χ1n) is 4.80. The monoisotopic (exact) mass is 360 g/mol. The first kappa shape index (κ1) is 24.8. The van der Waals surface area contributed by atoms with Crippen LogP contribution in [-0.4, -0.2) is 79.7 Å². The Hall–Kier alpha value is -4.17. The molecule has 0 aliphatic rings. The molecule has 0 unspecified atom stereocenters. The molecule has 0 atom stereocenters. The van der Waals surface area contributed by atoms with Crippen molar-refractivity contribution < 1.29 is 75.7 Å². The maximum Gasteiger partial charge on any atom is 0.503 e. The van der Waals surface area contributed by atoms with Crippen molar-refractivity contribution in [3.05, 3.63) is 0 Å². The van der Waals surface area contributed by atoms with Gasteiger partial charge >= 0.3 is 18.5 Å². The molecule has 12 N–H and O–H groups in total. The Morgan fingerprint density at radius 3 is 0.458 bits per heavy atom. The molecule has 138 valence electrons. The molecule has 0 saturated carbocycles. The molecule has 0 spiro atoms. The van der Waals surface area contributed by atoms with E-state index < -0.39 is 53.0 Å². The normalized spacial score (nSPS) is 8.00. The van der Waals surface area contributed by atoms with Crippen LogP contribution in [-0.2, 0) is 0 Å². The number of hydrogen-bond acceptors (Lipinski definition) is 9. The van der Waals surface area contributed by atoms with Gasteiger partial charge in [0.1, 0.15) is 0 Å². The van der Waals surface area contributed by atoms with Crippen LogP contribution < -0.4 is 0 Å². The standard InChI is InChI=1S/C6H6O6.3CH2O3/c7-1-2(8)4(10)6(12)5(11)3(1)9;3*2-1(3)4/h7-12H;3*(H2,2,3,4). The topological polar surface area (TPSA) is 294 Å². The van der Waals surface area contributed by atoms with Crippen LogP contribution in [0.1, 0.15) is 0 Å². The number of carbonyl (C=O) groups is 3. The average Bonchev–Trinajstić information content (AvgIpc) is 2.39. The number of carboxylic acid groups (broad SMARTS) is 6. The highest BCUT2D eigenvalue weighted by atomic mass is 16.6. The number of benzene rings is 1. The second-order valence-corrected chi connectivity index (χ2v) is 2.94. The van der Waals surface area contributed by atoms with Crippen LogP contribution in [0.5, 0.6) is 34.5 Å². The highest BCUT2D eigenvalue weighted by molar-refractivity contribution is 5.70. The molecule has 1 aromatic rings. The van der Waals surface area contributed by atoms with E-state index in [2.05, 4.69) is 0 Å². The van der Waals surface area contributed by atoms with Gasteiger partial charge in [-0.1, -0.05) is 0 Å². The number of phenols is 6. The maximum absolute atomic E-state index is 8.76. The smallest absolute Gasteiger partial charge is 0.502 e. The van der Waals surface area contributed by atoms with Crippen molar-refractivity contribution in [2.75, 3.05) is 0 Å². The Labute approximate surface area is 130 Å². The van der Waals surface area contributed by atoms with Crippen LogP contribution in [0.2, 0.25) is 0 Å².